The van der Waals surface area contributed by atoms with Gasteiger partial charge < -0.3 is 20.5 Å². The number of hydrogen-bond donors (Lipinski definition) is 3. The lowest BCUT2D eigenvalue weighted by molar-refractivity contribution is 0.102. The van der Waals surface area contributed by atoms with Crippen molar-refractivity contribution < 1.29 is 23.8 Å². The summed E-state index contributed by atoms with van der Waals surface area (Å²) in [6.07, 6.45) is 2.97. The number of benzene rings is 3. The Bertz CT molecular complexity index is 1500. The van der Waals surface area contributed by atoms with Gasteiger partial charge in [-0.05, 0) is 79.9 Å². The second-order valence-electron chi connectivity index (χ2n) is 9.43. The van der Waals surface area contributed by atoms with E-state index < -0.39 is 6.03 Å². The van der Waals surface area contributed by atoms with Gasteiger partial charge in [0.1, 0.15) is 17.3 Å². The van der Waals surface area contributed by atoms with Crippen LogP contribution in [-0.2, 0) is 6.54 Å². The van der Waals surface area contributed by atoms with Crippen LogP contribution in [0.5, 0.6) is 11.5 Å². The molecular weight excluding hydrogens is 499 g/mol. The van der Waals surface area contributed by atoms with Crippen LogP contribution in [0.25, 0.3) is 11.3 Å². The molecule has 2 amide bonds. The van der Waals surface area contributed by atoms with Crippen LogP contribution in [0, 0.1) is 5.82 Å². The van der Waals surface area contributed by atoms with E-state index in [4.69, 9.17) is 4.74 Å². The molecule has 1 aliphatic carbocycles. The van der Waals surface area contributed by atoms with Gasteiger partial charge in [0.15, 0.2) is 0 Å². The number of nitrogens with one attached hydrogen (secondary N) is 2. The van der Waals surface area contributed by atoms with Crippen LogP contribution in [0.2, 0.25) is 0 Å². The number of ether oxygens (including phenoxy) is 1. The maximum atomic E-state index is 13.5. The molecule has 0 atom stereocenters. The van der Waals surface area contributed by atoms with Gasteiger partial charge in [0.05, 0.1) is 18.0 Å². The van der Waals surface area contributed by atoms with Crippen LogP contribution < -0.4 is 15.4 Å². The van der Waals surface area contributed by atoms with Crippen molar-refractivity contribution >= 4 is 17.6 Å². The molecule has 1 heterocycles. The first-order valence-corrected chi connectivity index (χ1v) is 12.9. The molecule has 4 aromatic rings. The summed E-state index contributed by atoms with van der Waals surface area (Å²) < 4.78 is 20.3. The summed E-state index contributed by atoms with van der Waals surface area (Å²) in [6, 6.07) is 19.0. The molecule has 1 aliphatic rings. The second kappa shape index (κ2) is 11.4. The van der Waals surface area contributed by atoms with Crippen LogP contribution in [-0.4, -0.2) is 33.4 Å². The molecule has 1 aromatic heterocycles. The zero-order valence-electron chi connectivity index (χ0n) is 21.5. The monoisotopic (exact) mass is 528 g/mol. The smallest absolute Gasteiger partial charge is 0.342 e. The van der Waals surface area contributed by atoms with Crippen molar-refractivity contribution in [1.29, 1.82) is 0 Å². The summed E-state index contributed by atoms with van der Waals surface area (Å²) in [5.41, 5.74) is 3.16. The van der Waals surface area contributed by atoms with E-state index in [2.05, 4.69) is 15.7 Å². The fourth-order valence-corrected chi connectivity index (χ4v) is 4.48. The first-order chi connectivity index (χ1) is 18.9. The predicted molar refractivity (Wildman–Crippen MR) is 146 cm³/mol. The first kappa shape index (κ1) is 26.0. The minimum atomic E-state index is -0.425. The van der Waals surface area contributed by atoms with Gasteiger partial charge in [-0.3, -0.25) is 4.79 Å². The number of carbonyl (C=O) groups excluding carboxylic acids is 2. The average Bonchev–Trinajstić information content (AvgIpc) is 3.31. The van der Waals surface area contributed by atoms with E-state index in [0.29, 0.717) is 40.4 Å². The van der Waals surface area contributed by atoms with Gasteiger partial charge in [0.2, 0.25) is 0 Å². The standard InChI is InChI=1S/C30H29FN4O4/c1-2-39-24-12-9-21(10-13-24)29(37)33-23-11-14-25(28(36)16-23)26-17-27(20-6-4-7-20)35(34-26)30(38)32-18-19-5-3-8-22(31)15-19/h3,5,8-17,20,36H,2,4,6-7,18H2,1H3,(H,32,38)(H,33,37). The van der Waals surface area contributed by atoms with Crippen LogP contribution in [0.15, 0.2) is 72.8 Å². The van der Waals surface area contributed by atoms with E-state index in [1.807, 2.05) is 13.0 Å². The van der Waals surface area contributed by atoms with E-state index in [1.165, 1.54) is 22.9 Å². The molecule has 0 radical (unpaired) electrons. The number of rotatable bonds is 8. The lowest BCUT2D eigenvalue weighted by Crippen LogP contribution is -2.31. The Hall–Kier alpha value is -4.66. The van der Waals surface area contributed by atoms with Crippen molar-refractivity contribution in [2.75, 3.05) is 11.9 Å². The Kier molecular flexibility index (Phi) is 7.58. The Balaban J connectivity index is 1.32. The zero-order valence-corrected chi connectivity index (χ0v) is 21.5. The zero-order chi connectivity index (χ0) is 27.4. The Morgan fingerprint density at radius 1 is 1.08 bits per heavy atom. The predicted octanol–water partition coefficient (Wildman–Crippen LogP) is 6.07. The molecule has 0 spiro atoms. The van der Waals surface area contributed by atoms with Crippen LogP contribution in [0.4, 0.5) is 14.9 Å². The van der Waals surface area contributed by atoms with E-state index in [-0.39, 0.29) is 29.9 Å². The highest BCUT2D eigenvalue weighted by molar-refractivity contribution is 6.04. The molecule has 3 aromatic carbocycles. The second-order valence-corrected chi connectivity index (χ2v) is 9.43. The van der Waals surface area contributed by atoms with Gasteiger partial charge in [0, 0.05) is 35.3 Å². The number of anilines is 1. The van der Waals surface area contributed by atoms with Gasteiger partial charge in [0.25, 0.3) is 5.91 Å². The van der Waals surface area contributed by atoms with Crippen molar-refractivity contribution in [3.63, 3.8) is 0 Å². The Labute approximate surface area is 225 Å². The molecule has 1 saturated carbocycles. The molecule has 0 bridgehead atoms. The number of hydrogen-bond acceptors (Lipinski definition) is 5. The summed E-state index contributed by atoms with van der Waals surface area (Å²) in [4.78, 5) is 25.7. The van der Waals surface area contributed by atoms with E-state index in [9.17, 15) is 19.1 Å². The lowest BCUT2D eigenvalue weighted by Gasteiger charge is -2.25. The van der Waals surface area contributed by atoms with Gasteiger partial charge in [-0.2, -0.15) is 9.78 Å². The molecule has 3 N–H and O–H groups in total. The van der Waals surface area contributed by atoms with Gasteiger partial charge in [-0.1, -0.05) is 18.6 Å². The quantitative estimate of drug-likeness (QED) is 0.257. The minimum absolute atomic E-state index is 0.0792. The van der Waals surface area contributed by atoms with E-state index >= 15 is 0 Å². The molecule has 0 aliphatic heterocycles. The molecule has 5 rings (SSSR count). The number of carbonyl (C=O) groups is 2. The van der Waals surface area contributed by atoms with Crippen molar-refractivity contribution in [3.8, 4) is 22.8 Å². The van der Waals surface area contributed by atoms with Crippen molar-refractivity contribution in [3.05, 3.63) is 95.4 Å². The number of aromatic nitrogens is 2. The first-order valence-electron chi connectivity index (χ1n) is 12.9. The van der Waals surface area contributed by atoms with Gasteiger partial charge >= 0.3 is 6.03 Å². The highest BCUT2D eigenvalue weighted by Crippen LogP contribution is 2.39. The highest BCUT2D eigenvalue weighted by atomic mass is 19.1. The fraction of sp³-hybridized carbons (Fsp3) is 0.233. The maximum Gasteiger partial charge on any atom is 0.342 e. The summed E-state index contributed by atoms with van der Waals surface area (Å²) in [7, 11) is 0. The van der Waals surface area contributed by atoms with Crippen LogP contribution in [0.1, 0.15) is 53.7 Å². The average molecular weight is 529 g/mol. The largest absolute Gasteiger partial charge is 0.507 e. The molecule has 200 valence electrons. The molecule has 9 heteroatoms. The van der Waals surface area contributed by atoms with Gasteiger partial charge in [-0.15, -0.1) is 0 Å². The van der Waals surface area contributed by atoms with E-state index in [1.54, 1.807) is 48.5 Å². The summed E-state index contributed by atoms with van der Waals surface area (Å²) >= 11 is 0. The topological polar surface area (TPSA) is 105 Å². The molecule has 39 heavy (non-hydrogen) atoms. The number of halogens is 1. The molecule has 8 nitrogen and oxygen atoms in total. The Morgan fingerprint density at radius 3 is 2.54 bits per heavy atom. The summed E-state index contributed by atoms with van der Waals surface area (Å²) in [5.74, 6) is 0.106. The molecule has 1 fully saturated rings. The molecule has 0 unspecified atom stereocenters. The van der Waals surface area contributed by atoms with Crippen molar-refractivity contribution in [1.82, 2.24) is 15.1 Å². The molecule has 0 saturated heterocycles. The van der Waals surface area contributed by atoms with E-state index in [0.717, 1.165) is 25.0 Å². The summed E-state index contributed by atoms with van der Waals surface area (Å²) in [5, 5.41) is 20.9. The maximum absolute atomic E-state index is 13.5. The third-order valence-corrected chi connectivity index (χ3v) is 6.74. The third kappa shape index (κ3) is 5.93. The number of phenolic OH excluding ortho intramolecular Hbond substituents is 1. The summed E-state index contributed by atoms with van der Waals surface area (Å²) in [6.45, 7) is 2.58. The number of nitrogens with zero attached hydrogens (tertiary/aromatic N) is 2. The van der Waals surface area contributed by atoms with Crippen LogP contribution >= 0.6 is 0 Å². The third-order valence-electron chi connectivity index (χ3n) is 6.74. The number of phenols is 1. The number of aromatic hydroxyl groups is 1. The fourth-order valence-electron chi connectivity index (χ4n) is 4.48. The minimum Gasteiger partial charge on any atom is -0.507 e. The Morgan fingerprint density at radius 2 is 1.87 bits per heavy atom. The highest BCUT2D eigenvalue weighted by Gasteiger charge is 2.27. The van der Waals surface area contributed by atoms with Gasteiger partial charge in [-0.25, -0.2) is 9.18 Å². The van der Waals surface area contributed by atoms with Crippen molar-refractivity contribution in [2.24, 2.45) is 0 Å². The SMILES string of the molecule is CCOc1ccc(C(=O)Nc2ccc(-c3cc(C4CCC4)n(C(=O)NCc4cccc(F)c4)n3)c(O)c2)cc1. The van der Waals surface area contributed by atoms with Crippen molar-refractivity contribution in [2.45, 2.75) is 38.6 Å². The normalized spacial score (nSPS) is 13.0. The number of amides is 2. The van der Waals surface area contributed by atoms with Crippen LogP contribution in [0.3, 0.4) is 0 Å². The lowest BCUT2D eigenvalue weighted by atomic mass is 9.82. The molecular formula is C30H29FN4O4.